The van der Waals surface area contributed by atoms with Gasteiger partial charge >= 0.3 is 0 Å². The summed E-state index contributed by atoms with van der Waals surface area (Å²) in [5.41, 5.74) is 7.30. The molecule has 3 N–H and O–H groups in total. The van der Waals surface area contributed by atoms with E-state index in [-0.39, 0.29) is 30.3 Å². The van der Waals surface area contributed by atoms with Crippen LogP contribution in [0.2, 0.25) is 0 Å². The molecule has 1 aliphatic rings. The monoisotopic (exact) mass is 429 g/mol. The molecule has 0 unspecified atom stereocenters. The lowest BCUT2D eigenvalue weighted by Crippen LogP contribution is -2.31. The maximum Gasteiger partial charge on any atom is 0.252 e. The minimum Gasteiger partial charge on any atom is -0.356 e. The number of hydrogen-bond acceptors (Lipinski definition) is 5. The van der Waals surface area contributed by atoms with Crippen LogP contribution in [-0.2, 0) is 21.2 Å². The minimum atomic E-state index is -3.55. The molecular formula is C18H24ClN3O3S2. The molecule has 1 aromatic carbocycles. The Morgan fingerprint density at radius 1 is 1.22 bits per heavy atom. The van der Waals surface area contributed by atoms with Crippen molar-refractivity contribution >= 4 is 39.7 Å². The quantitative estimate of drug-likeness (QED) is 0.734. The van der Waals surface area contributed by atoms with Gasteiger partial charge in [0.15, 0.2) is 0 Å². The number of carbonyl (C=O) groups is 1. The average molecular weight is 430 g/mol. The van der Waals surface area contributed by atoms with Crippen molar-refractivity contribution in [3.8, 4) is 0 Å². The number of amides is 1. The van der Waals surface area contributed by atoms with Crippen LogP contribution >= 0.6 is 23.7 Å². The number of thiophene rings is 1. The Hall–Kier alpha value is -1.45. The summed E-state index contributed by atoms with van der Waals surface area (Å²) in [6.07, 6.45) is 0.617. The summed E-state index contributed by atoms with van der Waals surface area (Å²) in [6.45, 7) is 2.68. The lowest BCUT2D eigenvalue weighted by molar-refractivity contribution is -0.118. The number of hydrogen-bond donors (Lipinski definition) is 2. The van der Waals surface area contributed by atoms with Gasteiger partial charge in [-0.15, -0.1) is 23.7 Å². The molecule has 9 heteroatoms. The van der Waals surface area contributed by atoms with Crippen molar-refractivity contribution in [2.75, 3.05) is 19.6 Å². The van der Waals surface area contributed by atoms with E-state index < -0.39 is 10.0 Å². The number of sulfonamides is 1. The van der Waals surface area contributed by atoms with Gasteiger partial charge in [0.1, 0.15) is 4.21 Å². The van der Waals surface area contributed by atoms with Crippen molar-refractivity contribution in [3.63, 3.8) is 0 Å². The zero-order valence-corrected chi connectivity index (χ0v) is 17.4. The van der Waals surface area contributed by atoms with E-state index in [0.717, 1.165) is 10.4 Å². The predicted octanol–water partition coefficient (Wildman–Crippen LogP) is 1.96. The van der Waals surface area contributed by atoms with E-state index in [0.29, 0.717) is 30.3 Å². The highest BCUT2D eigenvalue weighted by Crippen LogP contribution is 2.32. The van der Waals surface area contributed by atoms with Gasteiger partial charge in [-0.1, -0.05) is 30.3 Å². The molecule has 1 fully saturated rings. The standard InChI is InChI=1S/C18H23N3O3S2.ClH/c1-13(22)20-10-9-15-7-8-18(25-15)26(23,24)21-11-16(17(19)12-21)14-5-3-2-4-6-14;/h2-8,16-17H,9-12,19H2,1H3,(H,20,22);1H/t16-,17+;/m0./s1. The minimum absolute atomic E-state index is 0. The summed E-state index contributed by atoms with van der Waals surface area (Å²) < 4.78 is 27.7. The van der Waals surface area contributed by atoms with E-state index >= 15 is 0 Å². The largest absolute Gasteiger partial charge is 0.356 e. The molecule has 0 bridgehead atoms. The Morgan fingerprint density at radius 3 is 2.59 bits per heavy atom. The highest BCUT2D eigenvalue weighted by Gasteiger charge is 2.38. The first-order chi connectivity index (χ1) is 12.4. The van der Waals surface area contributed by atoms with E-state index in [1.165, 1.54) is 22.6 Å². The SMILES string of the molecule is CC(=O)NCCc1ccc(S(=O)(=O)N2C[C@@H](N)[C@H](c3ccccc3)C2)s1.Cl. The summed E-state index contributed by atoms with van der Waals surface area (Å²) >= 11 is 1.25. The van der Waals surface area contributed by atoms with E-state index in [1.807, 2.05) is 36.4 Å². The normalized spacial score (nSPS) is 20.2. The lowest BCUT2D eigenvalue weighted by Gasteiger charge is -2.15. The highest BCUT2D eigenvalue weighted by molar-refractivity contribution is 7.91. The number of carbonyl (C=O) groups excluding carboxylic acids is 1. The molecule has 1 amide bonds. The molecule has 148 valence electrons. The Balaban J connectivity index is 0.00000261. The summed E-state index contributed by atoms with van der Waals surface area (Å²) in [5.74, 6) is -0.0856. The van der Waals surface area contributed by atoms with Gasteiger partial charge in [0.05, 0.1) is 0 Å². The second kappa shape index (κ2) is 9.16. The zero-order valence-electron chi connectivity index (χ0n) is 15.0. The molecule has 1 saturated heterocycles. The van der Waals surface area contributed by atoms with Gasteiger partial charge in [-0.05, 0) is 24.1 Å². The van der Waals surface area contributed by atoms with E-state index in [9.17, 15) is 13.2 Å². The fourth-order valence-electron chi connectivity index (χ4n) is 3.16. The van der Waals surface area contributed by atoms with Crippen molar-refractivity contribution in [1.82, 2.24) is 9.62 Å². The first-order valence-corrected chi connectivity index (χ1v) is 10.8. The molecule has 0 saturated carbocycles. The molecular weight excluding hydrogens is 406 g/mol. The first kappa shape index (κ1) is 21.8. The van der Waals surface area contributed by atoms with Gasteiger partial charge in [-0.3, -0.25) is 4.79 Å². The molecule has 1 aromatic heterocycles. The maximum atomic E-state index is 13.0. The lowest BCUT2D eigenvalue weighted by atomic mass is 9.95. The van der Waals surface area contributed by atoms with Crippen LogP contribution in [-0.4, -0.2) is 44.3 Å². The van der Waals surface area contributed by atoms with Crippen LogP contribution in [0, 0.1) is 0 Å². The van der Waals surface area contributed by atoms with Crippen LogP contribution < -0.4 is 11.1 Å². The number of nitrogens with zero attached hydrogens (tertiary/aromatic N) is 1. The number of halogens is 1. The number of nitrogens with one attached hydrogen (secondary N) is 1. The van der Waals surface area contributed by atoms with E-state index in [1.54, 1.807) is 6.07 Å². The predicted molar refractivity (Wildman–Crippen MR) is 110 cm³/mol. The fourth-order valence-corrected chi connectivity index (χ4v) is 6.17. The van der Waals surface area contributed by atoms with Crippen molar-refractivity contribution < 1.29 is 13.2 Å². The van der Waals surface area contributed by atoms with Crippen LogP contribution in [0.1, 0.15) is 23.3 Å². The number of benzene rings is 1. The smallest absolute Gasteiger partial charge is 0.252 e. The van der Waals surface area contributed by atoms with Crippen LogP contribution in [0.4, 0.5) is 0 Å². The van der Waals surface area contributed by atoms with Gasteiger partial charge in [-0.2, -0.15) is 4.31 Å². The summed E-state index contributed by atoms with van der Waals surface area (Å²) in [5, 5.41) is 2.72. The molecule has 3 rings (SSSR count). The summed E-state index contributed by atoms with van der Waals surface area (Å²) in [4.78, 5) is 11.9. The van der Waals surface area contributed by atoms with Crippen molar-refractivity contribution in [3.05, 3.63) is 52.9 Å². The third-order valence-electron chi connectivity index (χ3n) is 4.54. The molecule has 6 nitrogen and oxygen atoms in total. The molecule has 1 aliphatic heterocycles. The Labute approximate surface area is 170 Å². The highest BCUT2D eigenvalue weighted by atomic mass is 35.5. The van der Waals surface area contributed by atoms with E-state index in [2.05, 4.69) is 5.32 Å². The number of rotatable bonds is 6. The third-order valence-corrected chi connectivity index (χ3v) is 7.98. The molecule has 0 spiro atoms. The van der Waals surface area contributed by atoms with Crippen molar-refractivity contribution in [2.45, 2.75) is 29.5 Å². The van der Waals surface area contributed by atoms with Crippen LogP contribution in [0.5, 0.6) is 0 Å². The Morgan fingerprint density at radius 2 is 1.93 bits per heavy atom. The van der Waals surface area contributed by atoms with Crippen molar-refractivity contribution in [2.24, 2.45) is 5.73 Å². The zero-order chi connectivity index (χ0) is 18.7. The Bertz CT molecular complexity index is 871. The van der Waals surface area contributed by atoms with Gasteiger partial charge in [0.2, 0.25) is 5.91 Å². The molecule has 2 aromatic rings. The molecule has 2 atom stereocenters. The summed E-state index contributed by atoms with van der Waals surface area (Å²) in [6, 6.07) is 13.0. The molecule has 27 heavy (non-hydrogen) atoms. The number of nitrogens with two attached hydrogens (primary N) is 1. The van der Waals surface area contributed by atoms with Gasteiger partial charge in [0, 0.05) is 43.4 Å². The molecule has 2 heterocycles. The third kappa shape index (κ3) is 5.08. The second-order valence-corrected chi connectivity index (χ2v) is 9.79. The van der Waals surface area contributed by atoms with Gasteiger partial charge in [0.25, 0.3) is 10.0 Å². The Kier molecular flexibility index (Phi) is 7.41. The van der Waals surface area contributed by atoms with Crippen molar-refractivity contribution in [1.29, 1.82) is 0 Å². The van der Waals surface area contributed by atoms with E-state index in [4.69, 9.17) is 5.73 Å². The topological polar surface area (TPSA) is 92.5 Å². The molecule has 0 aliphatic carbocycles. The van der Waals surface area contributed by atoms with Crippen LogP contribution in [0.15, 0.2) is 46.7 Å². The van der Waals surface area contributed by atoms with Crippen LogP contribution in [0.25, 0.3) is 0 Å². The molecule has 0 radical (unpaired) electrons. The first-order valence-electron chi connectivity index (χ1n) is 8.52. The second-order valence-electron chi connectivity index (χ2n) is 6.46. The average Bonchev–Trinajstić information content (AvgIpc) is 3.23. The fraction of sp³-hybridized carbons (Fsp3) is 0.389. The maximum absolute atomic E-state index is 13.0. The van der Waals surface area contributed by atoms with Crippen LogP contribution in [0.3, 0.4) is 0 Å². The summed E-state index contributed by atoms with van der Waals surface area (Å²) in [7, 11) is -3.55. The van der Waals surface area contributed by atoms with Gasteiger partial charge in [-0.25, -0.2) is 8.42 Å². The van der Waals surface area contributed by atoms with Gasteiger partial charge < -0.3 is 11.1 Å².